The fourth-order valence-corrected chi connectivity index (χ4v) is 3.41. The summed E-state index contributed by atoms with van der Waals surface area (Å²) in [6, 6.07) is 16.3. The van der Waals surface area contributed by atoms with Crippen LogP contribution in [0.3, 0.4) is 0 Å². The van der Waals surface area contributed by atoms with E-state index in [2.05, 4.69) is 24.4 Å². The van der Waals surface area contributed by atoms with Gasteiger partial charge in [0.1, 0.15) is 13.2 Å². The Kier molecular flexibility index (Phi) is 6.23. The molecular weight excluding hydrogens is 334 g/mol. The van der Waals surface area contributed by atoms with Crippen LogP contribution in [-0.4, -0.2) is 30.9 Å². The number of nitrogens with one attached hydrogen (secondary N) is 1. The number of rotatable bonds is 7. The van der Waals surface area contributed by atoms with Crippen molar-refractivity contribution in [2.24, 2.45) is 0 Å². The van der Waals surface area contributed by atoms with Gasteiger partial charge in [-0.25, -0.2) is 0 Å². The second-order valence-electron chi connectivity index (χ2n) is 6.09. The molecule has 2 aromatic rings. The average molecular weight is 357 g/mol. The number of benzene rings is 2. The highest BCUT2D eigenvalue weighted by Crippen LogP contribution is 2.34. The third-order valence-electron chi connectivity index (χ3n) is 4.00. The topological polar surface area (TPSA) is 47.6 Å². The lowest BCUT2D eigenvalue weighted by atomic mass is 10.1. The Morgan fingerprint density at radius 1 is 1.12 bits per heavy atom. The Balaban J connectivity index is 1.41. The van der Waals surface area contributed by atoms with Crippen molar-refractivity contribution >= 4 is 17.7 Å². The van der Waals surface area contributed by atoms with Gasteiger partial charge < -0.3 is 14.8 Å². The van der Waals surface area contributed by atoms with Crippen molar-refractivity contribution in [3.05, 3.63) is 54.1 Å². The van der Waals surface area contributed by atoms with Crippen molar-refractivity contribution in [3.8, 4) is 11.5 Å². The molecule has 132 valence electrons. The van der Waals surface area contributed by atoms with Gasteiger partial charge >= 0.3 is 0 Å². The average Bonchev–Trinajstić information content (AvgIpc) is 2.65. The van der Waals surface area contributed by atoms with Gasteiger partial charge in [-0.2, -0.15) is 0 Å². The molecule has 4 nitrogen and oxygen atoms in total. The highest BCUT2D eigenvalue weighted by Gasteiger charge is 2.13. The number of thioether (sulfide) groups is 1. The summed E-state index contributed by atoms with van der Waals surface area (Å²) in [7, 11) is 0. The molecule has 0 bridgehead atoms. The summed E-state index contributed by atoms with van der Waals surface area (Å²) in [5.41, 5.74) is 1.30. The van der Waals surface area contributed by atoms with E-state index in [1.807, 2.05) is 36.4 Å². The van der Waals surface area contributed by atoms with Crippen LogP contribution in [0.15, 0.2) is 53.4 Å². The summed E-state index contributed by atoms with van der Waals surface area (Å²) in [4.78, 5) is 13.1. The Hall–Kier alpha value is -2.14. The fourth-order valence-electron chi connectivity index (χ4n) is 2.68. The molecule has 0 aromatic heterocycles. The van der Waals surface area contributed by atoms with Crippen LogP contribution in [0.4, 0.5) is 0 Å². The van der Waals surface area contributed by atoms with Gasteiger partial charge in [-0.1, -0.05) is 30.3 Å². The fraction of sp³-hybridized carbons (Fsp3) is 0.350. The molecule has 1 aliphatic heterocycles. The molecule has 25 heavy (non-hydrogen) atoms. The predicted octanol–water partition coefficient (Wildman–Crippen LogP) is 3.69. The molecule has 0 aliphatic carbocycles. The molecule has 0 fully saturated rings. The minimum Gasteiger partial charge on any atom is -0.486 e. The lowest BCUT2D eigenvalue weighted by Crippen LogP contribution is -2.34. The number of fused-ring (bicyclic) bond motifs is 1. The zero-order valence-electron chi connectivity index (χ0n) is 14.4. The molecule has 0 saturated carbocycles. The zero-order chi connectivity index (χ0) is 17.5. The van der Waals surface area contributed by atoms with Crippen molar-refractivity contribution < 1.29 is 14.3 Å². The third-order valence-corrected chi connectivity index (χ3v) is 4.99. The SMILES string of the molecule is C[C@@H](CCc1ccccc1)NC(=O)CSc1ccc2c(c1)OCCO2. The van der Waals surface area contributed by atoms with E-state index in [9.17, 15) is 4.79 Å². The van der Waals surface area contributed by atoms with Gasteiger partial charge in [-0.3, -0.25) is 4.79 Å². The summed E-state index contributed by atoms with van der Waals surface area (Å²) >= 11 is 1.51. The van der Waals surface area contributed by atoms with E-state index >= 15 is 0 Å². The first-order valence-corrected chi connectivity index (χ1v) is 9.55. The van der Waals surface area contributed by atoms with Crippen LogP contribution in [0.25, 0.3) is 0 Å². The summed E-state index contributed by atoms with van der Waals surface area (Å²) in [6.45, 7) is 3.21. The van der Waals surface area contributed by atoms with Gasteiger partial charge in [-0.05, 0) is 43.5 Å². The lowest BCUT2D eigenvalue weighted by Gasteiger charge is -2.18. The van der Waals surface area contributed by atoms with Crippen LogP contribution >= 0.6 is 11.8 Å². The van der Waals surface area contributed by atoms with Crippen LogP contribution < -0.4 is 14.8 Å². The Morgan fingerprint density at radius 3 is 2.68 bits per heavy atom. The summed E-state index contributed by atoms with van der Waals surface area (Å²) < 4.78 is 11.1. The van der Waals surface area contributed by atoms with Crippen LogP contribution in [0, 0.1) is 0 Å². The molecule has 2 aromatic carbocycles. The Bertz CT molecular complexity index is 705. The van der Waals surface area contributed by atoms with E-state index in [1.165, 1.54) is 17.3 Å². The van der Waals surface area contributed by atoms with Gasteiger partial charge in [-0.15, -0.1) is 11.8 Å². The smallest absolute Gasteiger partial charge is 0.230 e. The van der Waals surface area contributed by atoms with Crippen molar-refractivity contribution in [2.75, 3.05) is 19.0 Å². The number of carbonyl (C=O) groups is 1. The second-order valence-corrected chi connectivity index (χ2v) is 7.14. The highest BCUT2D eigenvalue weighted by molar-refractivity contribution is 8.00. The predicted molar refractivity (Wildman–Crippen MR) is 101 cm³/mol. The van der Waals surface area contributed by atoms with E-state index in [0.29, 0.717) is 19.0 Å². The van der Waals surface area contributed by atoms with Crippen molar-refractivity contribution in [1.29, 1.82) is 0 Å². The molecule has 3 rings (SSSR count). The van der Waals surface area contributed by atoms with E-state index in [1.54, 1.807) is 0 Å². The third kappa shape index (κ3) is 5.43. The number of ether oxygens (including phenoxy) is 2. The van der Waals surface area contributed by atoms with Crippen LogP contribution in [-0.2, 0) is 11.2 Å². The minimum atomic E-state index is 0.0560. The van der Waals surface area contributed by atoms with Gasteiger partial charge in [0.05, 0.1) is 5.75 Å². The van der Waals surface area contributed by atoms with Crippen LogP contribution in [0.2, 0.25) is 0 Å². The first kappa shape index (κ1) is 17.7. The van der Waals surface area contributed by atoms with Gasteiger partial charge in [0.2, 0.25) is 5.91 Å². The molecule has 5 heteroatoms. The molecule has 1 N–H and O–H groups in total. The lowest BCUT2D eigenvalue weighted by molar-refractivity contribution is -0.119. The molecule has 1 atom stereocenters. The Morgan fingerprint density at radius 2 is 1.88 bits per heavy atom. The summed E-state index contributed by atoms with van der Waals surface area (Å²) in [5.74, 6) is 1.98. The number of amides is 1. The molecule has 0 saturated heterocycles. The first-order valence-electron chi connectivity index (χ1n) is 8.56. The number of carbonyl (C=O) groups excluding carboxylic acids is 1. The van der Waals surface area contributed by atoms with E-state index in [4.69, 9.17) is 9.47 Å². The van der Waals surface area contributed by atoms with Crippen LogP contribution in [0.5, 0.6) is 11.5 Å². The van der Waals surface area contributed by atoms with E-state index < -0.39 is 0 Å². The standard InChI is InChI=1S/C20H23NO3S/c1-15(7-8-16-5-3-2-4-6-16)21-20(22)14-25-17-9-10-18-19(13-17)24-12-11-23-18/h2-6,9-10,13,15H,7-8,11-12,14H2,1H3,(H,21,22)/t15-/m0/s1. The molecule has 0 unspecified atom stereocenters. The maximum absolute atomic E-state index is 12.1. The largest absolute Gasteiger partial charge is 0.486 e. The number of aryl methyl sites for hydroxylation is 1. The molecular formula is C20H23NO3S. The number of hydrogen-bond acceptors (Lipinski definition) is 4. The molecule has 1 heterocycles. The van der Waals surface area contributed by atoms with Crippen molar-refractivity contribution in [3.63, 3.8) is 0 Å². The first-order chi connectivity index (χ1) is 12.2. The maximum Gasteiger partial charge on any atom is 0.230 e. The highest BCUT2D eigenvalue weighted by atomic mass is 32.2. The summed E-state index contributed by atoms with van der Waals surface area (Å²) in [6.07, 6.45) is 1.90. The van der Waals surface area contributed by atoms with Crippen molar-refractivity contribution in [2.45, 2.75) is 30.7 Å². The minimum absolute atomic E-state index is 0.0560. The second kappa shape index (κ2) is 8.81. The van der Waals surface area contributed by atoms with E-state index in [0.717, 1.165) is 29.2 Å². The van der Waals surface area contributed by atoms with Gasteiger partial charge in [0, 0.05) is 10.9 Å². The quantitative estimate of drug-likeness (QED) is 0.768. The molecule has 0 spiro atoms. The van der Waals surface area contributed by atoms with E-state index in [-0.39, 0.29) is 11.9 Å². The molecule has 0 radical (unpaired) electrons. The van der Waals surface area contributed by atoms with Gasteiger partial charge in [0.15, 0.2) is 11.5 Å². The zero-order valence-corrected chi connectivity index (χ0v) is 15.2. The molecule has 1 aliphatic rings. The monoisotopic (exact) mass is 357 g/mol. The molecule has 1 amide bonds. The van der Waals surface area contributed by atoms with Crippen LogP contribution in [0.1, 0.15) is 18.9 Å². The normalized spacial score (nSPS) is 14.0. The maximum atomic E-state index is 12.1. The Labute approximate surface area is 152 Å². The number of hydrogen-bond donors (Lipinski definition) is 1. The summed E-state index contributed by atoms with van der Waals surface area (Å²) in [5, 5.41) is 3.07. The van der Waals surface area contributed by atoms with Crippen molar-refractivity contribution in [1.82, 2.24) is 5.32 Å². The van der Waals surface area contributed by atoms with Gasteiger partial charge in [0.25, 0.3) is 0 Å².